The summed E-state index contributed by atoms with van der Waals surface area (Å²) in [6.07, 6.45) is -2.75. The van der Waals surface area contributed by atoms with E-state index in [0.29, 0.717) is 6.42 Å². The van der Waals surface area contributed by atoms with Crippen LogP contribution in [0.2, 0.25) is 0 Å². The molecule has 1 atom stereocenters. The summed E-state index contributed by atoms with van der Waals surface area (Å²) in [4.78, 5) is 1.16. The zero-order chi connectivity index (χ0) is 24.1. The van der Waals surface area contributed by atoms with Crippen molar-refractivity contribution in [3.63, 3.8) is 0 Å². The third-order valence-electron chi connectivity index (χ3n) is 5.11. The Balaban J connectivity index is 1.75. The first-order valence-corrected chi connectivity index (χ1v) is 12.8. The molecule has 0 fully saturated rings. The van der Waals surface area contributed by atoms with Gasteiger partial charge in [-0.25, -0.2) is 12.7 Å². The van der Waals surface area contributed by atoms with Crippen LogP contribution >= 0.6 is 11.8 Å². The minimum atomic E-state index is -4.43. The Morgan fingerprint density at radius 3 is 2.09 bits per heavy atom. The van der Waals surface area contributed by atoms with E-state index in [1.165, 1.54) is 35.2 Å². The fourth-order valence-corrected chi connectivity index (χ4v) is 4.79. The molecule has 3 rings (SSSR count). The van der Waals surface area contributed by atoms with Gasteiger partial charge in [-0.2, -0.15) is 13.2 Å². The average Bonchev–Trinajstić information content (AvgIpc) is 2.81. The summed E-state index contributed by atoms with van der Waals surface area (Å²) in [6.45, 7) is 0.160. The molecule has 0 bridgehead atoms. The minimum absolute atomic E-state index is 0.160. The molecule has 0 radical (unpaired) electrons. The topological polar surface area (TPSA) is 46.6 Å². The minimum Gasteiger partial charge on any atom is -0.486 e. The zero-order valence-electron chi connectivity index (χ0n) is 18.1. The molecule has 0 N–H and O–H groups in total. The summed E-state index contributed by atoms with van der Waals surface area (Å²) < 4.78 is 71.7. The lowest BCUT2D eigenvalue weighted by molar-refractivity contribution is -0.137. The van der Waals surface area contributed by atoms with Gasteiger partial charge in [0.25, 0.3) is 0 Å². The molecule has 0 heterocycles. The first-order valence-electron chi connectivity index (χ1n) is 10.1. The second kappa shape index (κ2) is 10.6. The van der Waals surface area contributed by atoms with Gasteiger partial charge in [0, 0.05) is 24.9 Å². The van der Waals surface area contributed by atoms with Crippen LogP contribution in [0, 0.1) is 0 Å². The lowest BCUT2D eigenvalue weighted by atomic mass is 10.1. The Bertz CT molecular complexity index is 1130. The van der Waals surface area contributed by atoms with Gasteiger partial charge in [-0.1, -0.05) is 30.3 Å². The Labute approximate surface area is 196 Å². The van der Waals surface area contributed by atoms with Crippen LogP contribution in [0.25, 0.3) is 0 Å². The van der Waals surface area contributed by atoms with E-state index in [2.05, 4.69) is 0 Å². The van der Waals surface area contributed by atoms with Crippen LogP contribution in [0.4, 0.5) is 13.2 Å². The van der Waals surface area contributed by atoms with E-state index in [0.717, 1.165) is 22.6 Å². The third kappa shape index (κ3) is 6.52. The number of hydrogen-bond acceptors (Lipinski definition) is 4. The number of thioether (sulfide) groups is 1. The van der Waals surface area contributed by atoms with Crippen molar-refractivity contribution in [2.75, 3.05) is 19.8 Å². The van der Waals surface area contributed by atoms with E-state index in [1.54, 1.807) is 24.3 Å². The Kier molecular flexibility index (Phi) is 8.10. The SMILES string of the molecule is CSc1ccc(S(=O)(=O)N(C)CC[C@@H](Oc2ccc(C(F)(F)F)cc2)c2ccccc2)cc1. The highest BCUT2D eigenvalue weighted by molar-refractivity contribution is 7.98. The molecule has 3 aromatic carbocycles. The first kappa shape index (κ1) is 25.1. The van der Waals surface area contributed by atoms with Crippen molar-refractivity contribution in [2.24, 2.45) is 0 Å². The van der Waals surface area contributed by atoms with Gasteiger partial charge in [-0.3, -0.25) is 0 Å². The molecule has 0 aliphatic rings. The van der Waals surface area contributed by atoms with Gasteiger partial charge < -0.3 is 4.74 Å². The maximum atomic E-state index is 12.9. The molecule has 0 spiro atoms. The van der Waals surface area contributed by atoms with Crippen molar-refractivity contribution in [2.45, 2.75) is 28.5 Å². The number of halogens is 3. The fraction of sp³-hybridized carbons (Fsp3) is 0.250. The molecule has 176 valence electrons. The van der Waals surface area contributed by atoms with Crippen molar-refractivity contribution in [1.82, 2.24) is 4.31 Å². The van der Waals surface area contributed by atoms with E-state index in [1.807, 2.05) is 36.6 Å². The molecule has 0 amide bonds. The number of rotatable bonds is 9. The van der Waals surface area contributed by atoms with E-state index in [-0.39, 0.29) is 17.2 Å². The summed E-state index contributed by atoms with van der Waals surface area (Å²) in [5.74, 6) is 0.273. The second-order valence-corrected chi connectivity index (χ2v) is 10.3. The summed E-state index contributed by atoms with van der Waals surface area (Å²) >= 11 is 1.52. The summed E-state index contributed by atoms with van der Waals surface area (Å²) in [5, 5.41) is 0. The molecule has 3 aromatic rings. The largest absolute Gasteiger partial charge is 0.486 e. The standard InChI is InChI=1S/C24H24F3NO3S2/c1-28(33(29,30)22-14-12-21(32-2)13-15-22)17-16-23(18-6-4-3-5-7-18)31-20-10-8-19(9-11-20)24(25,26)27/h3-15,23H,16-17H2,1-2H3/t23-/m1/s1. The van der Waals surface area contributed by atoms with Crippen LogP contribution < -0.4 is 4.74 Å². The predicted octanol–water partition coefficient (Wildman–Crippen LogP) is 6.26. The van der Waals surface area contributed by atoms with Gasteiger partial charge in [0.05, 0.1) is 10.5 Å². The quantitative estimate of drug-likeness (QED) is 0.329. The van der Waals surface area contributed by atoms with E-state index in [9.17, 15) is 21.6 Å². The van der Waals surface area contributed by atoms with Gasteiger partial charge in [0.2, 0.25) is 10.0 Å². The number of ether oxygens (including phenoxy) is 1. The van der Waals surface area contributed by atoms with E-state index < -0.39 is 27.9 Å². The summed E-state index contributed by atoms with van der Waals surface area (Å²) in [5.41, 5.74) is 0.0388. The maximum absolute atomic E-state index is 12.9. The van der Waals surface area contributed by atoms with Crippen LogP contribution in [0.15, 0.2) is 88.7 Å². The zero-order valence-corrected chi connectivity index (χ0v) is 19.8. The van der Waals surface area contributed by atoms with Crippen molar-refractivity contribution >= 4 is 21.8 Å². The number of sulfonamides is 1. The van der Waals surface area contributed by atoms with Gasteiger partial charge >= 0.3 is 6.18 Å². The van der Waals surface area contributed by atoms with Crippen molar-refractivity contribution in [3.8, 4) is 5.75 Å². The fourth-order valence-electron chi connectivity index (χ4n) is 3.19. The number of nitrogens with zero attached hydrogens (tertiary/aromatic N) is 1. The summed E-state index contributed by atoms with van der Waals surface area (Å²) in [6, 6.07) is 20.3. The molecule has 33 heavy (non-hydrogen) atoms. The highest BCUT2D eigenvalue weighted by atomic mass is 32.2. The van der Waals surface area contributed by atoms with Gasteiger partial charge in [0.15, 0.2) is 0 Å². The van der Waals surface area contributed by atoms with Gasteiger partial charge in [0.1, 0.15) is 11.9 Å². The molecule has 0 aliphatic heterocycles. The van der Waals surface area contributed by atoms with Crippen LogP contribution in [0.3, 0.4) is 0 Å². The number of alkyl halides is 3. The average molecular weight is 496 g/mol. The van der Waals surface area contributed by atoms with Crippen molar-refractivity contribution in [1.29, 1.82) is 0 Å². The molecule has 9 heteroatoms. The molecule has 0 aliphatic carbocycles. The molecular formula is C24H24F3NO3S2. The van der Waals surface area contributed by atoms with Gasteiger partial charge in [-0.15, -0.1) is 11.8 Å². The summed E-state index contributed by atoms with van der Waals surface area (Å²) in [7, 11) is -2.20. The molecule has 0 aromatic heterocycles. The van der Waals surface area contributed by atoms with Crippen LogP contribution in [-0.4, -0.2) is 32.6 Å². The number of benzene rings is 3. The van der Waals surface area contributed by atoms with Gasteiger partial charge in [-0.05, 0) is 60.4 Å². The van der Waals surface area contributed by atoms with E-state index in [4.69, 9.17) is 4.74 Å². The molecule has 0 unspecified atom stereocenters. The molecule has 0 saturated heterocycles. The normalized spacial score (nSPS) is 13.2. The van der Waals surface area contributed by atoms with Crippen LogP contribution in [-0.2, 0) is 16.2 Å². The number of hydrogen-bond donors (Lipinski definition) is 0. The molecule has 4 nitrogen and oxygen atoms in total. The highest BCUT2D eigenvalue weighted by Gasteiger charge is 2.30. The van der Waals surface area contributed by atoms with Crippen LogP contribution in [0.5, 0.6) is 5.75 Å². The smallest absolute Gasteiger partial charge is 0.416 e. The second-order valence-electron chi connectivity index (χ2n) is 7.33. The van der Waals surface area contributed by atoms with E-state index >= 15 is 0 Å². The highest BCUT2D eigenvalue weighted by Crippen LogP contribution is 2.32. The maximum Gasteiger partial charge on any atom is 0.416 e. The monoisotopic (exact) mass is 495 g/mol. The van der Waals surface area contributed by atoms with Crippen molar-refractivity contribution in [3.05, 3.63) is 90.0 Å². The van der Waals surface area contributed by atoms with Crippen molar-refractivity contribution < 1.29 is 26.3 Å². The van der Waals surface area contributed by atoms with Crippen LogP contribution in [0.1, 0.15) is 23.7 Å². The lowest BCUT2D eigenvalue weighted by Crippen LogP contribution is -2.29. The Hall–Kier alpha value is -2.49. The lowest BCUT2D eigenvalue weighted by Gasteiger charge is -2.23. The third-order valence-corrected chi connectivity index (χ3v) is 7.72. The predicted molar refractivity (Wildman–Crippen MR) is 124 cm³/mol. The molecule has 0 saturated carbocycles. The Morgan fingerprint density at radius 2 is 1.55 bits per heavy atom. The Morgan fingerprint density at radius 1 is 0.939 bits per heavy atom. The molecular weight excluding hydrogens is 471 g/mol. The first-order chi connectivity index (χ1) is 15.6.